The van der Waals surface area contributed by atoms with Gasteiger partial charge in [0, 0.05) is 18.2 Å². The van der Waals surface area contributed by atoms with Crippen LogP contribution in [0, 0.1) is 11.7 Å². The molecule has 4 nitrogen and oxygen atoms in total. The standard InChI is InChI=1S/C20H29FN2O2/c1-3-4-16-9-17(11-18(21)10-16)20(25)23-13-15-5-7-19(8-6-15)22-12-14(2)24/h9-11,15,19,22H,3-8,12-13H2,1-2H3,(H,23,25). The summed E-state index contributed by atoms with van der Waals surface area (Å²) in [5.74, 6) is 0.0526. The number of hydrogen-bond donors (Lipinski definition) is 2. The molecule has 0 aliphatic heterocycles. The summed E-state index contributed by atoms with van der Waals surface area (Å²) in [6.07, 6.45) is 5.80. The minimum Gasteiger partial charge on any atom is -0.352 e. The van der Waals surface area contributed by atoms with Gasteiger partial charge in [0.25, 0.3) is 5.91 Å². The SMILES string of the molecule is CCCc1cc(F)cc(C(=O)NCC2CCC(NCC(C)=O)CC2)c1. The molecule has 1 aliphatic rings. The van der Waals surface area contributed by atoms with E-state index in [1.165, 1.54) is 12.1 Å². The van der Waals surface area contributed by atoms with Gasteiger partial charge in [-0.25, -0.2) is 4.39 Å². The molecule has 1 aliphatic carbocycles. The third kappa shape index (κ3) is 6.58. The van der Waals surface area contributed by atoms with E-state index in [0.717, 1.165) is 44.1 Å². The number of benzene rings is 1. The number of rotatable bonds is 8. The first kappa shape index (κ1) is 19.6. The van der Waals surface area contributed by atoms with Crippen molar-refractivity contribution >= 4 is 11.7 Å². The highest BCUT2D eigenvalue weighted by Crippen LogP contribution is 2.23. The van der Waals surface area contributed by atoms with Crippen LogP contribution in [0.25, 0.3) is 0 Å². The molecular weight excluding hydrogens is 319 g/mol. The van der Waals surface area contributed by atoms with Crippen molar-refractivity contribution in [2.24, 2.45) is 5.92 Å². The number of carbonyl (C=O) groups is 2. The molecule has 1 aromatic rings. The third-order valence-electron chi connectivity index (χ3n) is 4.80. The molecular formula is C20H29FN2O2. The number of amides is 1. The van der Waals surface area contributed by atoms with Crippen LogP contribution in [0.2, 0.25) is 0 Å². The van der Waals surface area contributed by atoms with E-state index in [9.17, 15) is 14.0 Å². The Hall–Kier alpha value is -1.75. The molecule has 0 heterocycles. The molecule has 0 aromatic heterocycles. The molecule has 0 unspecified atom stereocenters. The normalized spacial score (nSPS) is 20.3. The fourth-order valence-corrected chi connectivity index (χ4v) is 3.41. The summed E-state index contributed by atoms with van der Waals surface area (Å²) in [5, 5.41) is 6.23. The summed E-state index contributed by atoms with van der Waals surface area (Å²) in [5.41, 5.74) is 1.27. The lowest BCUT2D eigenvalue weighted by molar-refractivity contribution is -0.116. The van der Waals surface area contributed by atoms with E-state index in [1.54, 1.807) is 13.0 Å². The molecule has 1 amide bonds. The molecule has 0 atom stereocenters. The first-order chi connectivity index (χ1) is 12.0. The van der Waals surface area contributed by atoms with E-state index in [4.69, 9.17) is 0 Å². The molecule has 0 radical (unpaired) electrons. The molecule has 2 rings (SSSR count). The fourth-order valence-electron chi connectivity index (χ4n) is 3.41. The Bertz CT molecular complexity index is 595. The van der Waals surface area contributed by atoms with Crippen LogP contribution >= 0.6 is 0 Å². The van der Waals surface area contributed by atoms with Gasteiger partial charge in [0.05, 0.1) is 6.54 Å². The second-order valence-corrected chi connectivity index (χ2v) is 7.11. The van der Waals surface area contributed by atoms with Gasteiger partial charge >= 0.3 is 0 Å². The molecule has 0 saturated heterocycles. The van der Waals surface area contributed by atoms with Gasteiger partial charge in [-0.15, -0.1) is 0 Å². The fraction of sp³-hybridized carbons (Fsp3) is 0.600. The van der Waals surface area contributed by atoms with Gasteiger partial charge in [-0.2, -0.15) is 0 Å². The van der Waals surface area contributed by atoms with E-state index < -0.39 is 0 Å². The van der Waals surface area contributed by atoms with E-state index in [1.807, 2.05) is 6.92 Å². The molecule has 0 spiro atoms. The van der Waals surface area contributed by atoms with E-state index in [2.05, 4.69) is 10.6 Å². The molecule has 1 saturated carbocycles. The Kier molecular flexibility index (Phi) is 7.56. The monoisotopic (exact) mass is 348 g/mol. The number of aryl methyl sites for hydroxylation is 1. The summed E-state index contributed by atoms with van der Waals surface area (Å²) < 4.78 is 13.7. The number of Topliss-reactive ketones (excluding diaryl/α,β-unsaturated/α-hetero) is 1. The van der Waals surface area contributed by atoms with Crippen molar-refractivity contribution in [1.29, 1.82) is 0 Å². The number of hydrogen-bond acceptors (Lipinski definition) is 3. The minimum absolute atomic E-state index is 0.159. The lowest BCUT2D eigenvalue weighted by Gasteiger charge is -2.29. The van der Waals surface area contributed by atoms with Crippen molar-refractivity contribution in [1.82, 2.24) is 10.6 Å². The Balaban J connectivity index is 1.78. The van der Waals surface area contributed by atoms with E-state index in [0.29, 0.717) is 30.6 Å². The third-order valence-corrected chi connectivity index (χ3v) is 4.80. The van der Waals surface area contributed by atoms with Gasteiger partial charge in [-0.3, -0.25) is 9.59 Å². The second-order valence-electron chi connectivity index (χ2n) is 7.11. The van der Waals surface area contributed by atoms with Gasteiger partial charge < -0.3 is 10.6 Å². The van der Waals surface area contributed by atoms with Gasteiger partial charge in [0.15, 0.2) is 0 Å². The van der Waals surface area contributed by atoms with E-state index in [-0.39, 0.29) is 17.5 Å². The summed E-state index contributed by atoms with van der Waals surface area (Å²) in [7, 11) is 0. The van der Waals surface area contributed by atoms with Crippen molar-refractivity contribution in [3.05, 3.63) is 35.1 Å². The smallest absolute Gasteiger partial charge is 0.251 e. The summed E-state index contributed by atoms with van der Waals surface area (Å²) in [4.78, 5) is 23.3. The Morgan fingerprint density at radius 3 is 2.52 bits per heavy atom. The maximum absolute atomic E-state index is 13.7. The first-order valence-corrected chi connectivity index (χ1v) is 9.28. The van der Waals surface area contributed by atoms with Crippen LogP contribution in [0.5, 0.6) is 0 Å². The topological polar surface area (TPSA) is 58.2 Å². The second kappa shape index (κ2) is 9.66. The van der Waals surface area contributed by atoms with Gasteiger partial charge in [-0.05, 0) is 68.7 Å². The van der Waals surface area contributed by atoms with Crippen LogP contribution < -0.4 is 10.6 Å². The lowest BCUT2D eigenvalue weighted by atomic mass is 9.86. The summed E-state index contributed by atoms with van der Waals surface area (Å²) in [6, 6.07) is 4.98. The summed E-state index contributed by atoms with van der Waals surface area (Å²) >= 11 is 0. The van der Waals surface area contributed by atoms with Crippen LogP contribution in [0.3, 0.4) is 0 Å². The highest BCUT2D eigenvalue weighted by Gasteiger charge is 2.21. The van der Waals surface area contributed by atoms with Crippen LogP contribution in [-0.4, -0.2) is 30.8 Å². The average Bonchev–Trinajstić information content (AvgIpc) is 2.58. The average molecular weight is 348 g/mol. The minimum atomic E-state index is -0.354. The number of ketones is 1. The molecule has 1 aromatic carbocycles. The quantitative estimate of drug-likeness (QED) is 0.758. The molecule has 138 valence electrons. The van der Waals surface area contributed by atoms with Crippen molar-refractivity contribution < 1.29 is 14.0 Å². The largest absolute Gasteiger partial charge is 0.352 e. The van der Waals surface area contributed by atoms with Crippen LogP contribution in [0.1, 0.15) is 61.9 Å². The predicted octanol–water partition coefficient (Wildman–Crippen LogP) is 3.25. The molecule has 25 heavy (non-hydrogen) atoms. The van der Waals surface area contributed by atoms with Crippen molar-refractivity contribution in [2.75, 3.05) is 13.1 Å². The van der Waals surface area contributed by atoms with Gasteiger partial charge in [0.1, 0.15) is 11.6 Å². The molecule has 1 fully saturated rings. The van der Waals surface area contributed by atoms with Crippen LogP contribution in [0.4, 0.5) is 4.39 Å². The van der Waals surface area contributed by atoms with Gasteiger partial charge in [0.2, 0.25) is 0 Å². The first-order valence-electron chi connectivity index (χ1n) is 9.28. The number of nitrogens with one attached hydrogen (secondary N) is 2. The Morgan fingerprint density at radius 2 is 1.88 bits per heavy atom. The zero-order valence-electron chi connectivity index (χ0n) is 15.2. The number of halogens is 1. The van der Waals surface area contributed by atoms with Crippen molar-refractivity contribution in [3.63, 3.8) is 0 Å². The zero-order chi connectivity index (χ0) is 18.2. The Morgan fingerprint density at radius 1 is 1.16 bits per heavy atom. The molecule has 0 bridgehead atoms. The Labute approximate surface area is 149 Å². The molecule has 2 N–H and O–H groups in total. The van der Waals surface area contributed by atoms with Crippen molar-refractivity contribution in [2.45, 2.75) is 58.4 Å². The van der Waals surface area contributed by atoms with Crippen LogP contribution in [-0.2, 0) is 11.2 Å². The van der Waals surface area contributed by atoms with Gasteiger partial charge in [-0.1, -0.05) is 13.3 Å². The van der Waals surface area contributed by atoms with E-state index >= 15 is 0 Å². The predicted molar refractivity (Wildman–Crippen MR) is 97.2 cm³/mol. The van der Waals surface area contributed by atoms with Crippen LogP contribution in [0.15, 0.2) is 18.2 Å². The molecule has 5 heteroatoms. The maximum Gasteiger partial charge on any atom is 0.251 e. The zero-order valence-corrected chi connectivity index (χ0v) is 15.2. The van der Waals surface area contributed by atoms with Crippen molar-refractivity contribution in [3.8, 4) is 0 Å². The highest BCUT2D eigenvalue weighted by molar-refractivity contribution is 5.94. The lowest BCUT2D eigenvalue weighted by Crippen LogP contribution is -2.38. The maximum atomic E-state index is 13.7. The highest BCUT2D eigenvalue weighted by atomic mass is 19.1. The number of carbonyl (C=O) groups excluding carboxylic acids is 2. The summed E-state index contributed by atoms with van der Waals surface area (Å²) in [6.45, 7) is 4.68.